The monoisotopic (exact) mass is 302 g/mol. The van der Waals surface area contributed by atoms with Gasteiger partial charge >= 0.3 is 6.09 Å². The molecule has 0 saturated carbocycles. The van der Waals surface area contributed by atoms with Crippen LogP contribution in [0.3, 0.4) is 0 Å². The van der Waals surface area contributed by atoms with Crippen molar-refractivity contribution in [2.45, 2.75) is 13.0 Å². The maximum atomic E-state index is 10.6. The second-order valence-corrected chi connectivity index (χ2v) is 5.21. The fourth-order valence-corrected chi connectivity index (χ4v) is 2.40. The first-order valence-corrected chi connectivity index (χ1v) is 7.08. The molecule has 6 heteroatoms. The van der Waals surface area contributed by atoms with E-state index in [0.29, 0.717) is 6.42 Å². The first-order chi connectivity index (χ1) is 10.2. The van der Waals surface area contributed by atoms with Gasteiger partial charge < -0.3 is 15.6 Å². The van der Waals surface area contributed by atoms with Crippen molar-refractivity contribution in [3.05, 3.63) is 40.9 Å². The summed E-state index contributed by atoms with van der Waals surface area (Å²) in [4.78, 5) is 15.7. The summed E-state index contributed by atoms with van der Waals surface area (Å²) >= 11 is 1.44. The lowest BCUT2D eigenvalue weighted by molar-refractivity contribution is 0.151. The van der Waals surface area contributed by atoms with Gasteiger partial charge in [0.05, 0.1) is 11.5 Å². The molecule has 0 radical (unpaired) electrons. The lowest BCUT2D eigenvalue weighted by Crippen LogP contribution is -2.12. The molecule has 0 bridgehead atoms. The van der Waals surface area contributed by atoms with E-state index in [9.17, 15) is 4.79 Å². The first kappa shape index (κ1) is 15.0. The van der Waals surface area contributed by atoms with Crippen LogP contribution >= 0.6 is 11.3 Å². The molecule has 1 aromatic carbocycles. The van der Waals surface area contributed by atoms with Gasteiger partial charge in [0.2, 0.25) is 0 Å². The molecule has 2 aromatic rings. The maximum absolute atomic E-state index is 10.6. The summed E-state index contributed by atoms with van der Waals surface area (Å²) in [6.07, 6.45) is 1.34. The van der Waals surface area contributed by atoms with E-state index in [1.54, 1.807) is 6.20 Å². The van der Waals surface area contributed by atoms with E-state index in [4.69, 9.17) is 15.6 Å². The van der Waals surface area contributed by atoms with Crippen LogP contribution < -0.4 is 5.73 Å². The molecule has 0 atom stereocenters. The van der Waals surface area contributed by atoms with Gasteiger partial charge in [-0.05, 0) is 12.1 Å². The number of hydrogen-bond donors (Lipinski definition) is 2. The van der Waals surface area contributed by atoms with Crippen LogP contribution in [0, 0.1) is 11.8 Å². The number of aromatic nitrogens is 1. The van der Waals surface area contributed by atoms with Crippen molar-refractivity contribution in [1.29, 1.82) is 0 Å². The van der Waals surface area contributed by atoms with Crippen LogP contribution in [0.25, 0.3) is 10.6 Å². The molecule has 1 amide bonds. The number of ether oxygens (including phenoxy) is 1. The minimum atomic E-state index is -0.796. The van der Waals surface area contributed by atoms with Gasteiger partial charge in [-0.3, -0.25) is 0 Å². The third-order valence-corrected chi connectivity index (χ3v) is 3.53. The van der Waals surface area contributed by atoms with E-state index in [0.717, 1.165) is 21.0 Å². The molecule has 21 heavy (non-hydrogen) atoms. The topological polar surface area (TPSA) is 85.4 Å². The highest BCUT2D eigenvalue weighted by molar-refractivity contribution is 7.15. The zero-order chi connectivity index (χ0) is 15.1. The van der Waals surface area contributed by atoms with Gasteiger partial charge in [0.15, 0.2) is 0 Å². The van der Waals surface area contributed by atoms with Gasteiger partial charge in [-0.25, -0.2) is 9.78 Å². The van der Waals surface area contributed by atoms with Crippen molar-refractivity contribution in [2.75, 3.05) is 6.61 Å². The highest BCUT2D eigenvalue weighted by atomic mass is 32.1. The van der Waals surface area contributed by atoms with E-state index in [-0.39, 0.29) is 13.2 Å². The number of rotatable bonds is 4. The highest BCUT2D eigenvalue weighted by Crippen LogP contribution is 2.25. The minimum Gasteiger partial charge on any atom is -0.444 e. The Labute approximate surface area is 126 Å². The Morgan fingerprint density at radius 2 is 2.14 bits per heavy atom. The Hall–Kier alpha value is -2.36. The molecule has 3 N–H and O–H groups in total. The van der Waals surface area contributed by atoms with Crippen molar-refractivity contribution in [3.63, 3.8) is 0 Å². The van der Waals surface area contributed by atoms with Crippen molar-refractivity contribution >= 4 is 17.4 Å². The standard InChI is InChI=1S/C15H14N2O3S/c16-15(19)20-10-13-9-17-14(21-13)12-6-4-11(5-7-12)3-1-2-8-18/h4-7,9,18H,2,8,10H2,(H2,16,19). The Bertz CT molecular complexity index is 668. The average molecular weight is 302 g/mol. The summed E-state index contributed by atoms with van der Waals surface area (Å²) in [6, 6.07) is 7.67. The van der Waals surface area contributed by atoms with Crippen LogP contribution in [-0.2, 0) is 11.3 Å². The van der Waals surface area contributed by atoms with Crippen LogP contribution in [0.15, 0.2) is 30.5 Å². The fourth-order valence-electron chi connectivity index (χ4n) is 1.57. The van der Waals surface area contributed by atoms with E-state index < -0.39 is 6.09 Å². The van der Waals surface area contributed by atoms with Crippen molar-refractivity contribution < 1.29 is 14.6 Å². The van der Waals surface area contributed by atoms with E-state index >= 15 is 0 Å². The zero-order valence-electron chi connectivity index (χ0n) is 11.2. The Morgan fingerprint density at radius 1 is 1.38 bits per heavy atom. The van der Waals surface area contributed by atoms with E-state index in [1.807, 2.05) is 24.3 Å². The molecule has 5 nitrogen and oxygen atoms in total. The molecule has 0 unspecified atom stereocenters. The second-order valence-electron chi connectivity index (χ2n) is 4.09. The molecule has 2 rings (SSSR count). The maximum Gasteiger partial charge on any atom is 0.404 e. The average Bonchev–Trinajstić information content (AvgIpc) is 2.95. The first-order valence-electron chi connectivity index (χ1n) is 6.26. The normalized spacial score (nSPS) is 9.76. The number of thiazole rings is 1. The second kappa shape index (κ2) is 7.43. The van der Waals surface area contributed by atoms with Gasteiger partial charge in [-0.15, -0.1) is 11.3 Å². The zero-order valence-corrected chi connectivity index (χ0v) is 12.0. The number of benzene rings is 1. The van der Waals surface area contributed by atoms with Gasteiger partial charge in [0.25, 0.3) is 0 Å². The van der Waals surface area contributed by atoms with Gasteiger partial charge in [-0.1, -0.05) is 24.0 Å². The SMILES string of the molecule is NC(=O)OCc1cnc(-c2ccc(C#CCCO)cc2)s1. The van der Waals surface area contributed by atoms with Crippen LogP contribution in [0.5, 0.6) is 0 Å². The number of carbonyl (C=O) groups excluding carboxylic acids is 1. The lowest BCUT2D eigenvalue weighted by atomic mass is 10.1. The molecule has 0 aliphatic heterocycles. The Kier molecular flexibility index (Phi) is 5.32. The van der Waals surface area contributed by atoms with Gasteiger partial charge in [0, 0.05) is 23.7 Å². The summed E-state index contributed by atoms with van der Waals surface area (Å²) in [5.74, 6) is 5.83. The highest BCUT2D eigenvalue weighted by Gasteiger charge is 2.06. The Balaban J connectivity index is 2.05. The summed E-state index contributed by atoms with van der Waals surface area (Å²) in [5, 5.41) is 9.51. The minimum absolute atomic E-state index is 0.0698. The van der Waals surface area contributed by atoms with Crippen molar-refractivity contribution in [2.24, 2.45) is 5.73 Å². The molecule has 1 aromatic heterocycles. The largest absolute Gasteiger partial charge is 0.444 e. The van der Waals surface area contributed by atoms with Crippen LogP contribution in [0.1, 0.15) is 16.9 Å². The molecular formula is C15H14N2O3S. The number of aliphatic hydroxyl groups excluding tert-OH is 1. The van der Waals surface area contributed by atoms with Crippen molar-refractivity contribution in [1.82, 2.24) is 4.98 Å². The third kappa shape index (κ3) is 4.60. The summed E-state index contributed by atoms with van der Waals surface area (Å²) in [6.45, 7) is 0.206. The number of carbonyl (C=O) groups is 1. The predicted molar refractivity (Wildman–Crippen MR) is 80.5 cm³/mol. The van der Waals surface area contributed by atoms with Crippen LogP contribution in [-0.4, -0.2) is 22.8 Å². The summed E-state index contributed by atoms with van der Waals surface area (Å²) in [7, 11) is 0. The number of aliphatic hydroxyl groups is 1. The number of nitrogens with two attached hydrogens (primary N) is 1. The van der Waals surface area contributed by atoms with Crippen molar-refractivity contribution in [3.8, 4) is 22.4 Å². The number of nitrogens with zero attached hydrogens (tertiary/aromatic N) is 1. The summed E-state index contributed by atoms with van der Waals surface area (Å²) < 4.78 is 4.72. The Morgan fingerprint density at radius 3 is 2.81 bits per heavy atom. The lowest BCUT2D eigenvalue weighted by Gasteiger charge is -1.97. The molecular weight excluding hydrogens is 288 g/mol. The molecule has 0 saturated heterocycles. The number of amides is 1. The smallest absolute Gasteiger partial charge is 0.404 e. The third-order valence-electron chi connectivity index (χ3n) is 2.51. The number of primary amides is 1. The fraction of sp³-hybridized carbons (Fsp3) is 0.200. The summed E-state index contributed by atoms with van der Waals surface area (Å²) in [5.41, 5.74) is 6.78. The van der Waals surface area contributed by atoms with Gasteiger partial charge in [0.1, 0.15) is 11.6 Å². The molecule has 0 aliphatic rings. The molecule has 0 aliphatic carbocycles. The van der Waals surface area contributed by atoms with E-state index in [2.05, 4.69) is 16.8 Å². The molecule has 0 spiro atoms. The quantitative estimate of drug-likeness (QED) is 0.847. The van der Waals surface area contributed by atoms with Crippen LogP contribution in [0.4, 0.5) is 4.79 Å². The predicted octanol–water partition coefficient (Wildman–Crippen LogP) is 2.14. The molecule has 0 fully saturated rings. The van der Waals surface area contributed by atoms with E-state index in [1.165, 1.54) is 11.3 Å². The molecule has 1 heterocycles. The molecule has 108 valence electrons. The van der Waals surface area contributed by atoms with Gasteiger partial charge in [-0.2, -0.15) is 0 Å². The number of hydrogen-bond acceptors (Lipinski definition) is 5. The van der Waals surface area contributed by atoms with Crippen LogP contribution in [0.2, 0.25) is 0 Å².